The molecule has 82 valence electrons. The van der Waals surface area contributed by atoms with Crippen molar-refractivity contribution < 1.29 is 4.79 Å². The van der Waals surface area contributed by atoms with Gasteiger partial charge in [0.15, 0.2) is 0 Å². The Morgan fingerprint density at radius 2 is 2.00 bits per heavy atom. The predicted octanol–water partition coefficient (Wildman–Crippen LogP) is 1.94. The first-order valence-corrected chi connectivity index (χ1v) is 4.51. The summed E-state index contributed by atoms with van der Waals surface area (Å²) in [6, 6.07) is 0.391. The van der Waals surface area contributed by atoms with Crippen molar-refractivity contribution in [2.24, 2.45) is 0 Å². The van der Waals surface area contributed by atoms with Crippen molar-refractivity contribution in [1.29, 1.82) is 0 Å². The van der Waals surface area contributed by atoms with Crippen molar-refractivity contribution in [2.45, 2.75) is 47.6 Å². The molecule has 0 aliphatic rings. The van der Waals surface area contributed by atoms with E-state index in [9.17, 15) is 4.79 Å². The van der Waals surface area contributed by atoms with Crippen LogP contribution in [0.15, 0.2) is 0 Å². The molecule has 0 spiro atoms. The number of hydrogen-bond acceptors (Lipinski definition) is 2. The van der Waals surface area contributed by atoms with Crippen LogP contribution in [-0.4, -0.2) is 18.5 Å². The van der Waals surface area contributed by atoms with Gasteiger partial charge in [-0.05, 0) is 20.3 Å². The summed E-state index contributed by atoms with van der Waals surface area (Å²) in [5.41, 5.74) is 0. The zero-order valence-electron chi connectivity index (χ0n) is 7.18. The molecule has 0 fully saturated rings. The minimum absolute atomic E-state index is 0. The van der Waals surface area contributed by atoms with E-state index >= 15 is 0 Å². The van der Waals surface area contributed by atoms with Crippen molar-refractivity contribution >= 4 is 15.3 Å². The van der Waals surface area contributed by atoms with Crippen LogP contribution in [0.3, 0.4) is 0 Å². The summed E-state index contributed by atoms with van der Waals surface area (Å²) in [4.78, 5) is 10.9. The van der Waals surface area contributed by atoms with Gasteiger partial charge in [0.05, 0.1) is 0 Å². The Labute approximate surface area is 85.3 Å². The molecule has 0 aliphatic carbocycles. The lowest BCUT2D eigenvalue weighted by molar-refractivity contribution is -0.121. The fourth-order valence-electron chi connectivity index (χ4n) is 0.716. The van der Waals surface area contributed by atoms with Crippen LogP contribution < -0.4 is 10.4 Å². The number of amides is 1. The Morgan fingerprint density at radius 3 is 2.38 bits per heavy atom. The molecule has 0 aromatic heterocycles. The maximum atomic E-state index is 10.9. The van der Waals surface area contributed by atoms with E-state index in [1.165, 1.54) is 0 Å². The van der Waals surface area contributed by atoms with Crippen LogP contribution in [-0.2, 0) is 4.79 Å². The Bertz CT molecular complexity index is 120. The lowest BCUT2D eigenvalue weighted by Crippen LogP contribution is -2.25. The summed E-state index contributed by atoms with van der Waals surface area (Å²) < 4.78 is 0. The maximum Gasteiger partial charge on any atom is 0.220 e. The summed E-state index contributed by atoms with van der Waals surface area (Å²) in [5, 5.41) is 5.75. The number of nitrogens with one attached hydrogen (secondary N) is 2. The minimum atomic E-state index is 0. The van der Waals surface area contributed by atoms with Gasteiger partial charge in [0.1, 0.15) is 0 Å². The molecule has 3 nitrogen and oxygen atoms in total. The third-order valence-corrected chi connectivity index (χ3v) is 2.03. The summed E-state index contributed by atoms with van der Waals surface area (Å²) in [5.74, 6) is 0.139. The van der Waals surface area contributed by atoms with Crippen molar-refractivity contribution in [1.82, 2.24) is 10.4 Å². The van der Waals surface area contributed by atoms with E-state index in [0.29, 0.717) is 12.5 Å². The smallest absolute Gasteiger partial charge is 0.220 e. The first kappa shape index (κ1) is 18.6. The van der Waals surface area contributed by atoms with Crippen molar-refractivity contribution in [3.8, 4) is 0 Å². The van der Waals surface area contributed by atoms with E-state index in [1.54, 1.807) is 0 Å². The average Bonchev–Trinajstić information content (AvgIpc) is 2.01. The molecule has 0 rings (SSSR count). The van der Waals surface area contributed by atoms with Crippen LogP contribution in [0.2, 0.25) is 0 Å². The molecular weight excluding hydrogens is 183 g/mol. The largest absolute Gasteiger partial charge is 0.356 e. The van der Waals surface area contributed by atoms with Crippen molar-refractivity contribution in [3.05, 3.63) is 0 Å². The molecule has 4 heteroatoms. The van der Waals surface area contributed by atoms with Gasteiger partial charge >= 0.3 is 0 Å². The molecule has 0 radical (unpaired) electrons. The molecule has 0 bridgehead atoms. The molecule has 1 amide bonds. The van der Waals surface area contributed by atoms with Gasteiger partial charge in [-0.2, -0.15) is 0 Å². The van der Waals surface area contributed by atoms with Crippen molar-refractivity contribution in [3.63, 3.8) is 0 Å². The molecule has 0 aromatic rings. The summed E-state index contributed by atoms with van der Waals surface area (Å²) in [6.07, 6.45) is 1.49. The van der Waals surface area contributed by atoms with E-state index in [1.807, 2.05) is 13.8 Å². The van der Waals surface area contributed by atoms with Gasteiger partial charge in [-0.3, -0.25) is 9.88 Å². The maximum absolute atomic E-state index is 10.9. The second kappa shape index (κ2) is 11.9. The molecule has 13 heavy (non-hydrogen) atoms. The van der Waals surface area contributed by atoms with Gasteiger partial charge in [0.2, 0.25) is 5.91 Å². The van der Waals surface area contributed by atoms with Crippen LogP contribution >= 0.6 is 9.39 Å². The van der Waals surface area contributed by atoms with E-state index < -0.39 is 0 Å². The molecule has 2 N–H and O–H groups in total. The number of rotatable bonds is 5. The summed E-state index contributed by atoms with van der Waals surface area (Å²) in [7, 11) is 2.45. The molecule has 0 saturated heterocycles. The van der Waals surface area contributed by atoms with Crippen LogP contribution in [0.5, 0.6) is 0 Å². The SMILES string of the molecule is C.C.CCNC(=O)CCC(C)NP. The Hall–Kier alpha value is -0.140. The number of carbonyl (C=O) groups is 1. The fraction of sp³-hybridized carbons (Fsp3) is 0.889. The number of carbonyl (C=O) groups excluding carboxylic acids is 1. The molecule has 0 aliphatic heterocycles. The van der Waals surface area contributed by atoms with E-state index in [-0.39, 0.29) is 20.8 Å². The zero-order chi connectivity index (χ0) is 8.69. The van der Waals surface area contributed by atoms with Gasteiger partial charge in [0, 0.05) is 19.0 Å². The highest BCUT2D eigenvalue weighted by Crippen LogP contribution is 1.97. The molecule has 2 atom stereocenters. The molecular formula is C9H25N2OP. The van der Waals surface area contributed by atoms with Crippen LogP contribution in [0.25, 0.3) is 0 Å². The second-order valence-electron chi connectivity index (χ2n) is 2.56. The fourth-order valence-corrected chi connectivity index (χ4v) is 0.883. The lowest BCUT2D eigenvalue weighted by atomic mass is 10.2. The zero-order valence-corrected chi connectivity index (χ0v) is 8.34. The minimum Gasteiger partial charge on any atom is -0.356 e. The van der Waals surface area contributed by atoms with Crippen LogP contribution in [0.1, 0.15) is 41.5 Å². The predicted molar refractivity (Wildman–Crippen MR) is 63.7 cm³/mol. The van der Waals surface area contributed by atoms with E-state index in [2.05, 4.69) is 19.8 Å². The Kier molecular flexibility index (Phi) is 17.0. The van der Waals surface area contributed by atoms with E-state index in [4.69, 9.17) is 0 Å². The highest BCUT2D eigenvalue weighted by molar-refractivity contribution is 7.13. The van der Waals surface area contributed by atoms with Gasteiger partial charge in [-0.15, -0.1) is 0 Å². The van der Waals surface area contributed by atoms with E-state index in [0.717, 1.165) is 13.0 Å². The topological polar surface area (TPSA) is 41.1 Å². The van der Waals surface area contributed by atoms with Crippen LogP contribution in [0, 0.1) is 0 Å². The van der Waals surface area contributed by atoms with Gasteiger partial charge in [-0.25, -0.2) is 0 Å². The van der Waals surface area contributed by atoms with Gasteiger partial charge < -0.3 is 5.32 Å². The highest BCUT2D eigenvalue weighted by atomic mass is 31.0. The molecule has 2 unspecified atom stereocenters. The second-order valence-corrected chi connectivity index (χ2v) is 2.89. The quantitative estimate of drug-likeness (QED) is 0.678. The third kappa shape index (κ3) is 11.9. The number of hydrogen-bond donors (Lipinski definition) is 2. The van der Waals surface area contributed by atoms with Gasteiger partial charge in [0.25, 0.3) is 0 Å². The monoisotopic (exact) mass is 208 g/mol. The molecule has 0 saturated carbocycles. The standard InChI is InChI=1S/C7H17N2OP.2CH4/c1-3-8-7(10)5-4-6(2)9-11;;/h6,9H,3-5,11H2,1-2H3,(H,8,10);2*1H4. The molecule has 0 heterocycles. The van der Waals surface area contributed by atoms with Crippen LogP contribution in [0.4, 0.5) is 0 Å². The Balaban J connectivity index is -0.000000500. The summed E-state index contributed by atoms with van der Waals surface area (Å²) in [6.45, 7) is 4.70. The first-order chi connectivity index (χ1) is 5.20. The highest BCUT2D eigenvalue weighted by Gasteiger charge is 2.02. The lowest BCUT2D eigenvalue weighted by Gasteiger charge is -2.08. The third-order valence-electron chi connectivity index (χ3n) is 1.46. The summed E-state index contributed by atoms with van der Waals surface area (Å²) >= 11 is 0. The average molecular weight is 208 g/mol. The van der Waals surface area contributed by atoms with Gasteiger partial charge in [-0.1, -0.05) is 24.2 Å². The molecule has 0 aromatic carbocycles. The first-order valence-electron chi connectivity index (χ1n) is 3.93. The van der Waals surface area contributed by atoms with Crippen molar-refractivity contribution in [2.75, 3.05) is 6.54 Å². The normalized spacial score (nSPS) is 10.7. The Morgan fingerprint density at radius 1 is 1.46 bits per heavy atom.